The number of hydrogen-bond acceptors (Lipinski definition) is 4. The lowest BCUT2D eigenvalue weighted by atomic mass is 9.95. The Hall–Kier alpha value is -2.11. The zero-order valence-corrected chi connectivity index (χ0v) is 15.2. The van der Waals surface area contributed by atoms with E-state index < -0.39 is 11.7 Å². The average Bonchev–Trinajstić information content (AvgIpc) is 2.52. The molecule has 1 aliphatic heterocycles. The van der Waals surface area contributed by atoms with Gasteiger partial charge in [-0.2, -0.15) is 0 Å². The van der Waals surface area contributed by atoms with Crippen LogP contribution in [0.1, 0.15) is 58.6 Å². The largest absolute Gasteiger partial charge is 0.443 e. The first-order chi connectivity index (χ1) is 11.2. The molecule has 0 aliphatic carbocycles. The number of amides is 2. The fourth-order valence-corrected chi connectivity index (χ4v) is 3.00. The summed E-state index contributed by atoms with van der Waals surface area (Å²) >= 11 is 0. The van der Waals surface area contributed by atoms with Gasteiger partial charge in [0, 0.05) is 32.3 Å². The highest BCUT2D eigenvalue weighted by Crippen LogP contribution is 2.35. The Bertz CT molecular complexity index is 610. The van der Waals surface area contributed by atoms with Gasteiger partial charge in [-0.1, -0.05) is 6.07 Å². The van der Waals surface area contributed by atoms with Gasteiger partial charge in [0.05, 0.1) is 6.04 Å². The second-order valence-electron chi connectivity index (χ2n) is 7.18. The highest BCUT2D eigenvalue weighted by molar-refractivity contribution is 5.87. The summed E-state index contributed by atoms with van der Waals surface area (Å²) in [6.45, 7) is 7.82. The molecule has 2 rings (SSSR count). The molecule has 132 valence electrons. The Labute approximate surface area is 143 Å². The van der Waals surface area contributed by atoms with E-state index in [-0.39, 0.29) is 11.9 Å². The number of hydrogen-bond donors (Lipinski definition) is 0. The molecule has 0 spiro atoms. The third kappa shape index (κ3) is 4.24. The standard InChI is InChI=1S/C18H27N3O3/c1-13(22)21-12-7-6-10-15(21)14-9-8-11-19-16(14)20(5)17(23)24-18(2,3)4/h8-9,11,15H,6-7,10,12H2,1-5H3. The van der Waals surface area contributed by atoms with Crippen LogP contribution in [0.25, 0.3) is 0 Å². The smallest absolute Gasteiger partial charge is 0.415 e. The fraction of sp³-hybridized carbons (Fsp3) is 0.611. The van der Waals surface area contributed by atoms with Crippen LogP contribution in [-0.4, -0.2) is 41.1 Å². The van der Waals surface area contributed by atoms with Crippen molar-refractivity contribution in [3.05, 3.63) is 23.9 Å². The summed E-state index contributed by atoms with van der Waals surface area (Å²) in [6.07, 6.45) is 4.14. The predicted octanol–water partition coefficient (Wildman–Crippen LogP) is 3.53. The fourth-order valence-electron chi connectivity index (χ4n) is 3.00. The van der Waals surface area contributed by atoms with Crippen molar-refractivity contribution >= 4 is 17.8 Å². The number of pyridine rings is 1. The molecule has 2 heterocycles. The van der Waals surface area contributed by atoms with Gasteiger partial charge in [0.1, 0.15) is 11.4 Å². The first-order valence-electron chi connectivity index (χ1n) is 8.39. The minimum absolute atomic E-state index is 0.0504. The number of piperidine rings is 1. The topological polar surface area (TPSA) is 62.7 Å². The van der Waals surface area contributed by atoms with Crippen LogP contribution in [0.5, 0.6) is 0 Å². The minimum atomic E-state index is -0.573. The quantitative estimate of drug-likeness (QED) is 0.830. The predicted molar refractivity (Wildman–Crippen MR) is 92.9 cm³/mol. The van der Waals surface area contributed by atoms with Crippen molar-refractivity contribution < 1.29 is 14.3 Å². The molecule has 2 amide bonds. The Morgan fingerprint density at radius 1 is 1.33 bits per heavy atom. The molecular weight excluding hydrogens is 306 g/mol. The zero-order valence-electron chi connectivity index (χ0n) is 15.2. The number of nitrogens with zero attached hydrogens (tertiary/aromatic N) is 3. The normalized spacial score (nSPS) is 18.2. The van der Waals surface area contributed by atoms with Crippen molar-refractivity contribution in [3.8, 4) is 0 Å². The van der Waals surface area contributed by atoms with Gasteiger partial charge in [-0.25, -0.2) is 9.78 Å². The Morgan fingerprint density at radius 2 is 2.04 bits per heavy atom. The summed E-state index contributed by atoms with van der Waals surface area (Å²) in [5.41, 5.74) is 0.317. The van der Waals surface area contributed by atoms with Crippen LogP contribution in [0.15, 0.2) is 18.3 Å². The van der Waals surface area contributed by atoms with Crippen molar-refractivity contribution in [2.45, 2.75) is 58.6 Å². The van der Waals surface area contributed by atoms with Crippen molar-refractivity contribution in [2.75, 3.05) is 18.5 Å². The Balaban J connectivity index is 2.32. The molecule has 1 unspecified atom stereocenters. The zero-order chi connectivity index (χ0) is 17.9. The van der Waals surface area contributed by atoms with Gasteiger partial charge in [-0.05, 0) is 46.1 Å². The van der Waals surface area contributed by atoms with E-state index in [2.05, 4.69) is 4.98 Å². The summed E-state index contributed by atoms with van der Waals surface area (Å²) in [7, 11) is 1.65. The molecule has 1 aromatic heterocycles. The van der Waals surface area contributed by atoms with Crippen LogP contribution in [0.2, 0.25) is 0 Å². The SMILES string of the molecule is CC(=O)N1CCCCC1c1cccnc1N(C)C(=O)OC(C)(C)C. The molecule has 1 saturated heterocycles. The number of anilines is 1. The number of likely N-dealkylation sites (tertiary alicyclic amines) is 1. The molecule has 1 fully saturated rings. The van der Waals surface area contributed by atoms with E-state index in [0.717, 1.165) is 31.4 Å². The minimum Gasteiger partial charge on any atom is -0.443 e. The summed E-state index contributed by atoms with van der Waals surface area (Å²) in [6, 6.07) is 3.73. The molecule has 0 bridgehead atoms. The molecule has 1 aliphatic rings. The number of aromatic nitrogens is 1. The molecule has 6 heteroatoms. The van der Waals surface area contributed by atoms with Gasteiger partial charge in [0.2, 0.25) is 5.91 Å². The van der Waals surface area contributed by atoms with Gasteiger partial charge >= 0.3 is 6.09 Å². The first kappa shape index (κ1) is 18.2. The molecule has 6 nitrogen and oxygen atoms in total. The van der Waals surface area contributed by atoms with Gasteiger partial charge in [0.25, 0.3) is 0 Å². The van der Waals surface area contributed by atoms with E-state index in [9.17, 15) is 9.59 Å². The second-order valence-corrected chi connectivity index (χ2v) is 7.18. The molecular formula is C18H27N3O3. The average molecular weight is 333 g/mol. The van der Waals surface area contributed by atoms with Crippen molar-refractivity contribution in [1.82, 2.24) is 9.88 Å². The van der Waals surface area contributed by atoms with E-state index in [1.165, 1.54) is 4.90 Å². The molecule has 0 radical (unpaired) electrons. The molecule has 24 heavy (non-hydrogen) atoms. The number of ether oxygens (including phenoxy) is 1. The van der Waals surface area contributed by atoms with Crippen LogP contribution in [0.3, 0.4) is 0 Å². The van der Waals surface area contributed by atoms with Crippen LogP contribution in [0.4, 0.5) is 10.6 Å². The third-order valence-electron chi connectivity index (χ3n) is 4.07. The first-order valence-corrected chi connectivity index (χ1v) is 8.39. The molecule has 1 aromatic rings. The van der Waals surface area contributed by atoms with Gasteiger partial charge < -0.3 is 9.64 Å². The van der Waals surface area contributed by atoms with E-state index in [0.29, 0.717) is 5.82 Å². The van der Waals surface area contributed by atoms with E-state index in [1.54, 1.807) is 20.2 Å². The monoisotopic (exact) mass is 333 g/mol. The lowest BCUT2D eigenvalue weighted by Gasteiger charge is -2.36. The van der Waals surface area contributed by atoms with Crippen LogP contribution < -0.4 is 4.90 Å². The van der Waals surface area contributed by atoms with E-state index in [1.807, 2.05) is 37.8 Å². The van der Waals surface area contributed by atoms with Crippen molar-refractivity contribution in [2.24, 2.45) is 0 Å². The summed E-state index contributed by atoms with van der Waals surface area (Å²) in [5.74, 6) is 0.597. The number of rotatable bonds is 2. The highest BCUT2D eigenvalue weighted by atomic mass is 16.6. The van der Waals surface area contributed by atoms with Crippen LogP contribution in [0, 0.1) is 0 Å². The maximum atomic E-state index is 12.4. The van der Waals surface area contributed by atoms with Gasteiger partial charge in [-0.3, -0.25) is 9.69 Å². The van der Waals surface area contributed by atoms with E-state index >= 15 is 0 Å². The Morgan fingerprint density at radius 3 is 2.67 bits per heavy atom. The highest BCUT2D eigenvalue weighted by Gasteiger charge is 2.31. The van der Waals surface area contributed by atoms with Crippen molar-refractivity contribution in [3.63, 3.8) is 0 Å². The lowest BCUT2D eigenvalue weighted by molar-refractivity contribution is -0.132. The maximum Gasteiger partial charge on any atom is 0.415 e. The molecule has 1 atom stereocenters. The van der Waals surface area contributed by atoms with Crippen molar-refractivity contribution in [1.29, 1.82) is 0 Å². The lowest BCUT2D eigenvalue weighted by Crippen LogP contribution is -2.39. The molecule has 0 aromatic carbocycles. The summed E-state index contributed by atoms with van der Waals surface area (Å²) < 4.78 is 5.44. The van der Waals surface area contributed by atoms with Gasteiger partial charge in [-0.15, -0.1) is 0 Å². The van der Waals surface area contributed by atoms with Crippen LogP contribution >= 0.6 is 0 Å². The maximum absolute atomic E-state index is 12.4. The number of carbonyl (C=O) groups is 2. The summed E-state index contributed by atoms with van der Waals surface area (Å²) in [4.78, 5) is 32.1. The van der Waals surface area contributed by atoms with Gasteiger partial charge in [0.15, 0.2) is 0 Å². The summed E-state index contributed by atoms with van der Waals surface area (Å²) in [5, 5.41) is 0. The number of carbonyl (C=O) groups excluding carboxylic acids is 2. The third-order valence-corrected chi connectivity index (χ3v) is 4.07. The molecule has 0 saturated carbocycles. The van der Waals surface area contributed by atoms with Crippen LogP contribution in [-0.2, 0) is 9.53 Å². The second kappa shape index (κ2) is 7.20. The Kier molecular flexibility index (Phi) is 5.47. The van der Waals surface area contributed by atoms with E-state index in [4.69, 9.17) is 4.74 Å². The molecule has 0 N–H and O–H groups in total.